The first-order valence-electron chi connectivity index (χ1n) is 10.9. The van der Waals surface area contributed by atoms with Crippen molar-refractivity contribution in [2.24, 2.45) is 12.8 Å². The van der Waals surface area contributed by atoms with Gasteiger partial charge >= 0.3 is 0 Å². The van der Waals surface area contributed by atoms with Gasteiger partial charge in [-0.15, -0.1) is 0 Å². The molecule has 4 heterocycles. The van der Waals surface area contributed by atoms with Gasteiger partial charge in [-0.1, -0.05) is 17.9 Å². The predicted octanol–water partition coefficient (Wildman–Crippen LogP) is 2.20. The third kappa shape index (κ3) is 3.61. The minimum Gasteiger partial charge on any atom is -0.381 e. The Bertz CT molecular complexity index is 1420. The number of methoxy groups -OCH3 is 1. The van der Waals surface area contributed by atoms with E-state index in [1.165, 1.54) is 20.1 Å². The van der Waals surface area contributed by atoms with Crippen LogP contribution >= 0.6 is 0 Å². The van der Waals surface area contributed by atoms with Crippen molar-refractivity contribution in [1.82, 2.24) is 19.3 Å². The second-order valence-corrected chi connectivity index (χ2v) is 8.89. The Labute approximate surface area is 195 Å². The zero-order valence-corrected chi connectivity index (χ0v) is 19.1. The van der Waals surface area contributed by atoms with Crippen molar-refractivity contribution in [2.45, 2.75) is 31.4 Å². The number of halogens is 1. The summed E-state index contributed by atoms with van der Waals surface area (Å²) in [6.45, 7) is 1.49. The van der Waals surface area contributed by atoms with Gasteiger partial charge < -0.3 is 20.1 Å². The van der Waals surface area contributed by atoms with Crippen LogP contribution in [0.3, 0.4) is 0 Å². The van der Waals surface area contributed by atoms with Crippen LogP contribution in [-0.4, -0.2) is 49.7 Å². The fraction of sp³-hybridized carbons (Fsp3) is 0.320. The lowest BCUT2D eigenvalue weighted by atomic mass is 9.86. The third-order valence-electron chi connectivity index (χ3n) is 6.25. The number of carbonyl (C=O) groups is 1. The van der Waals surface area contributed by atoms with Crippen LogP contribution < -0.4 is 5.73 Å². The second kappa shape index (κ2) is 7.94. The average Bonchev–Trinajstić information content (AvgIpc) is 3.24. The zero-order chi connectivity index (χ0) is 24.2. The molecule has 3 N–H and O–H groups in total. The maximum Gasteiger partial charge on any atom is 0.269 e. The maximum absolute atomic E-state index is 15.0. The summed E-state index contributed by atoms with van der Waals surface area (Å²) < 4.78 is 23.7. The monoisotopic (exact) mass is 461 g/mol. The molecule has 0 radical (unpaired) electrons. The van der Waals surface area contributed by atoms with E-state index in [-0.39, 0.29) is 23.9 Å². The van der Waals surface area contributed by atoms with Crippen molar-refractivity contribution in [2.75, 3.05) is 13.7 Å². The molecule has 0 fully saturated rings. The van der Waals surface area contributed by atoms with Crippen LogP contribution in [0.4, 0.5) is 4.39 Å². The highest BCUT2D eigenvalue weighted by atomic mass is 19.1. The SMILES string of the molecule is COC[C@@](C)(O)C#Cc1cc2c(cc1F)C1=CC(C1)n1c-2nc(C(N)=O)c1Cc1ccnn1C. The number of nitrogens with zero attached hydrogens (tertiary/aromatic N) is 4. The minimum atomic E-state index is -1.42. The summed E-state index contributed by atoms with van der Waals surface area (Å²) in [7, 11) is 3.29. The Morgan fingerprint density at radius 1 is 1.41 bits per heavy atom. The van der Waals surface area contributed by atoms with E-state index in [1.54, 1.807) is 16.9 Å². The number of aryl methyl sites for hydroxylation is 1. The van der Waals surface area contributed by atoms with Gasteiger partial charge in [-0.25, -0.2) is 9.37 Å². The number of rotatable bonds is 5. The summed E-state index contributed by atoms with van der Waals surface area (Å²) in [5, 5.41) is 14.5. The van der Waals surface area contributed by atoms with E-state index < -0.39 is 17.3 Å². The van der Waals surface area contributed by atoms with Crippen molar-refractivity contribution in [3.63, 3.8) is 0 Å². The van der Waals surface area contributed by atoms with E-state index in [9.17, 15) is 14.3 Å². The molecule has 1 aliphatic carbocycles. The highest BCUT2D eigenvalue weighted by molar-refractivity contribution is 5.94. The molecule has 6 rings (SSSR count). The molecule has 1 amide bonds. The van der Waals surface area contributed by atoms with Gasteiger partial charge in [0.05, 0.1) is 23.9 Å². The Hall–Kier alpha value is -3.74. The highest BCUT2D eigenvalue weighted by Crippen LogP contribution is 2.48. The summed E-state index contributed by atoms with van der Waals surface area (Å²) in [6.07, 6.45) is 4.87. The molecule has 3 aliphatic rings. The molecule has 2 bridgehead atoms. The Morgan fingerprint density at radius 3 is 2.82 bits per heavy atom. The molecule has 2 aliphatic heterocycles. The number of imidazole rings is 1. The van der Waals surface area contributed by atoms with E-state index in [0.29, 0.717) is 29.9 Å². The number of allylic oxidation sites excluding steroid dienone is 2. The molecular formula is C25H24FN5O3. The zero-order valence-electron chi connectivity index (χ0n) is 19.1. The summed E-state index contributed by atoms with van der Waals surface area (Å²) in [5.41, 5.74) is 8.60. The number of aliphatic hydroxyl groups is 1. The Morgan fingerprint density at radius 2 is 2.18 bits per heavy atom. The highest BCUT2D eigenvalue weighted by Gasteiger charge is 2.36. The number of benzene rings is 1. The number of carbonyl (C=O) groups excluding carboxylic acids is 1. The van der Waals surface area contributed by atoms with E-state index >= 15 is 0 Å². The molecule has 3 aromatic rings. The van der Waals surface area contributed by atoms with Crippen LogP contribution in [-0.2, 0) is 18.2 Å². The standard InChI is InChI=1S/C25H24FN5O3/c1-25(33,13-34-3)6-4-14-10-19-18(12-20(14)26)15-8-17(9-15)31-21(11-16-5-7-28-30(16)2)22(23(27)32)29-24(19)31/h5,7-8,10,12,17,33H,9,11,13H2,1-3H3,(H2,27,32)/t17?,25-/m0/s1. The van der Waals surface area contributed by atoms with Gasteiger partial charge in [-0.2, -0.15) is 5.10 Å². The van der Waals surface area contributed by atoms with Crippen molar-refractivity contribution in [3.05, 3.63) is 64.5 Å². The number of primary amides is 1. The topological polar surface area (TPSA) is 108 Å². The molecule has 0 saturated carbocycles. The number of amides is 1. The second-order valence-electron chi connectivity index (χ2n) is 8.89. The smallest absolute Gasteiger partial charge is 0.269 e. The summed E-state index contributed by atoms with van der Waals surface area (Å²) in [6, 6.07) is 4.94. The van der Waals surface area contributed by atoms with E-state index in [1.807, 2.05) is 17.7 Å². The third-order valence-corrected chi connectivity index (χ3v) is 6.25. The molecule has 8 nitrogen and oxygen atoms in total. The van der Waals surface area contributed by atoms with Crippen LogP contribution in [0.1, 0.15) is 52.4 Å². The first-order chi connectivity index (χ1) is 16.2. The van der Waals surface area contributed by atoms with Gasteiger partial charge in [0.25, 0.3) is 5.91 Å². The van der Waals surface area contributed by atoms with Gasteiger partial charge in [0.1, 0.15) is 22.9 Å². The van der Waals surface area contributed by atoms with E-state index in [0.717, 1.165) is 16.8 Å². The largest absolute Gasteiger partial charge is 0.381 e. The van der Waals surface area contributed by atoms with Crippen LogP contribution in [0.5, 0.6) is 0 Å². The molecule has 0 spiro atoms. The van der Waals surface area contributed by atoms with Gasteiger partial charge in [0.2, 0.25) is 0 Å². The first kappa shape index (κ1) is 22.1. The predicted molar refractivity (Wildman–Crippen MR) is 123 cm³/mol. The van der Waals surface area contributed by atoms with Crippen molar-refractivity contribution in [3.8, 4) is 23.2 Å². The lowest BCUT2D eigenvalue weighted by molar-refractivity contribution is 0.0274. The fourth-order valence-electron chi connectivity index (χ4n) is 4.55. The molecule has 0 saturated heterocycles. The molecule has 9 heteroatoms. The van der Waals surface area contributed by atoms with Gasteiger partial charge in [-0.3, -0.25) is 9.48 Å². The average molecular weight is 461 g/mol. The molecule has 34 heavy (non-hydrogen) atoms. The van der Waals surface area contributed by atoms with Gasteiger partial charge in [-0.05, 0) is 42.7 Å². The lowest BCUT2D eigenvalue weighted by Crippen LogP contribution is -2.27. The first-order valence-corrected chi connectivity index (χ1v) is 10.9. The summed E-state index contributed by atoms with van der Waals surface area (Å²) in [5.74, 6) is 4.84. The molecule has 2 atom stereocenters. The molecule has 174 valence electrons. The van der Waals surface area contributed by atoms with E-state index in [4.69, 9.17) is 10.5 Å². The summed E-state index contributed by atoms with van der Waals surface area (Å²) in [4.78, 5) is 17.0. The quantitative estimate of drug-likeness (QED) is 0.567. The fourth-order valence-corrected chi connectivity index (χ4v) is 4.55. The van der Waals surface area contributed by atoms with Crippen LogP contribution in [0.25, 0.3) is 17.0 Å². The number of nitrogens with two attached hydrogens (primary N) is 1. The minimum absolute atomic E-state index is 0.00905. The van der Waals surface area contributed by atoms with Crippen LogP contribution in [0.15, 0.2) is 30.5 Å². The maximum atomic E-state index is 15.0. The van der Waals surface area contributed by atoms with Crippen molar-refractivity contribution < 1.29 is 19.0 Å². The number of ether oxygens (including phenoxy) is 1. The van der Waals surface area contributed by atoms with E-state index in [2.05, 4.69) is 28.0 Å². The van der Waals surface area contributed by atoms with Crippen molar-refractivity contribution in [1.29, 1.82) is 0 Å². The lowest BCUT2D eigenvalue weighted by Gasteiger charge is -2.26. The molecule has 1 unspecified atom stereocenters. The Balaban J connectivity index is 1.68. The van der Waals surface area contributed by atoms with Gasteiger partial charge in [0.15, 0.2) is 0 Å². The molecular weight excluding hydrogens is 437 g/mol. The van der Waals surface area contributed by atoms with Crippen molar-refractivity contribution >= 4 is 11.5 Å². The molecule has 1 aromatic carbocycles. The van der Waals surface area contributed by atoms with Crippen LogP contribution in [0.2, 0.25) is 0 Å². The number of hydrogen-bond donors (Lipinski definition) is 2. The normalized spacial score (nSPS) is 17.3. The van der Waals surface area contributed by atoms with Crippen LogP contribution in [0, 0.1) is 17.7 Å². The number of aromatic nitrogens is 4. The molecule has 2 aromatic heterocycles. The van der Waals surface area contributed by atoms with Gasteiger partial charge in [0, 0.05) is 38.0 Å². The Kier molecular flexibility index (Phi) is 5.15. The summed E-state index contributed by atoms with van der Waals surface area (Å²) >= 11 is 0. The number of hydrogen-bond acceptors (Lipinski definition) is 5.